The maximum atomic E-state index is 13.7. The third-order valence-corrected chi connectivity index (χ3v) is 3.55. The standard InChI is InChI=1S/C14H13FN2OS/c1-14(18,11-4-5-19-8-11)9-17-13-3-2-10(7-16)6-12(13)15/h2-6,8,17-18H,9H2,1H3. The molecule has 19 heavy (non-hydrogen) atoms. The molecule has 2 N–H and O–H groups in total. The average Bonchev–Trinajstić information content (AvgIpc) is 2.92. The molecule has 0 amide bonds. The van der Waals surface area contributed by atoms with Crippen LogP contribution < -0.4 is 5.32 Å². The van der Waals surface area contributed by atoms with E-state index < -0.39 is 11.4 Å². The van der Waals surface area contributed by atoms with Gasteiger partial charge in [-0.1, -0.05) is 0 Å². The second kappa shape index (κ2) is 5.39. The monoisotopic (exact) mass is 276 g/mol. The molecule has 0 fully saturated rings. The summed E-state index contributed by atoms with van der Waals surface area (Å²) in [4.78, 5) is 0. The van der Waals surface area contributed by atoms with Gasteiger partial charge in [-0.2, -0.15) is 16.6 Å². The van der Waals surface area contributed by atoms with E-state index in [0.717, 1.165) is 5.56 Å². The van der Waals surface area contributed by atoms with E-state index in [-0.39, 0.29) is 17.8 Å². The fourth-order valence-corrected chi connectivity index (χ4v) is 2.45. The van der Waals surface area contributed by atoms with Gasteiger partial charge in [-0.05, 0) is 47.5 Å². The SMILES string of the molecule is CC(O)(CNc1ccc(C#N)cc1F)c1ccsc1. The number of benzene rings is 1. The van der Waals surface area contributed by atoms with Gasteiger partial charge >= 0.3 is 0 Å². The number of rotatable bonds is 4. The van der Waals surface area contributed by atoms with Crippen molar-refractivity contribution in [2.75, 3.05) is 11.9 Å². The van der Waals surface area contributed by atoms with E-state index in [1.165, 1.54) is 29.5 Å². The Morgan fingerprint density at radius 1 is 1.47 bits per heavy atom. The lowest BCUT2D eigenvalue weighted by molar-refractivity contribution is 0.0719. The molecule has 0 saturated carbocycles. The Bertz CT molecular complexity index is 602. The molecular weight excluding hydrogens is 263 g/mol. The van der Waals surface area contributed by atoms with Gasteiger partial charge in [0.15, 0.2) is 0 Å². The minimum Gasteiger partial charge on any atom is -0.384 e. The fraction of sp³-hybridized carbons (Fsp3) is 0.214. The molecule has 98 valence electrons. The predicted molar refractivity (Wildman–Crippen MR) is 73.5 cm³/mol. The van der Waals surface area contributed by atoms with Crippen LogP contribution in [-0.4, -0.2) is 11.7 Å². The van der Waals surface area contributed by atoms with Crippen LogP contribution in [0.2, 0.25) is 0 Å². The van der Waals surface area contributed by atoms with Crippen LogP contribution in [-0.2, 0) is 5.60 Å². The zero-order valence-electron chi connectivity index (χ0n) is 10.4. The molecule has 2 rings (SSSR count). The summed E-state index contributed by atoms with van der Waals surface area (Å²) in [5.74, 6) is -0.500. The van der Waals surface area contributed by atoms with Crippen molar-refractivity contribution in [3.63, 3.8) is 0 Å². The largest absolute Gasteiger partial charge is 0.384 e. The number of halogens is 1. The van der Waals surface area contributed by atoms with Gasteiger partial charge < -0.3 is 10.4 Å². The second-order valence-corrected chi connectivity index (χ2v) is 5.23. The number of aliphatic hydroxyl groups is 1. The topological polar surface area (TPSA) is 56.0 Å². The Labute approximate surface area is 114 Å². The zero-order valence-corrected chi connectivity index (χ0v) is 11.2. The van der Waals surface area contributed by atoms with Crippen molar-refractivity contribution in [2.24, 2.45) is 0 Å². The molecule has 1 aromatic heterocycles. The molecule has 1 heterocycles. The average molecular weight is 276 g/mol. The molecule has 3 nitrogen and oxygen atoms in total. The van der Waals surface area contributed by atoms with Crippen molar-refractivity contribution < 1.29 is 9.50 Å². The van der Waals surface area contributed by atoms with Crippen LogP contribution in [0.3, 0.4) is 0 Å². The van der Waals surface area contributed by atoms with Crippen LogP contribution in [0.1, 0.15) is 18.1 Å². The highest BCUT2D eigenvalue weighted by molar-refractivity contribution is 7.08. The molecule has 5 heteroatoms. The number of nitrogens with one attached hydrogen (secondary N) is 1. The number of thiophene rings is 1. The Kier molecular flexibility index (Phi) is 3.84. The highest BCUT2D eigenvalue weighted by atomic mass is 32.1. The highest BCUT2D eigenvalue weighted by Crippen LogP contribution is 2.24. The van der Waals surface area contributed by atoms with Crippen molar-refractivity contribution in [3.05, 3.63) is 52.0 Å². The third-order valence-electron chi connectivity index (χ3n) is 2.86. The van der Waals surface area contributed by atoms with Crippen LogP contribution >= 0.6 is 11.3 Å². The molecule has 0 aliphatic carbocycles. The first-order valence-electron chi connectivity index (χ1n) is 5.71. The number of hydrogen-bond donors (Lipinski definition) is 2. The molecule has 0 radical (unpaired) electrons. The molecule has 1 atom stereocenters. The number of nitrogens with zero attached hydrogens (tertiary/aromatic N) is 1. The quantitative estimate of drug-likeness (QED) is 0.902. The van der Waals surface area contributed by atoms with Gasteiger partial charge in [0, 0.05) is 6.54 Å². The van der Waals surface area contributed by atoms with Crippen LogP contribution in [0.15, 0.2) is 35.0 Å². The number of hydrogen-bond acceptors (Lipinski definition) is 4. The maximum Gasteiger partial charge on any atom is 0.147 e. The summed E-state index contributed by atoms with van der Waals surface area (Å²) in [7, 11) is 0. The lowest BCUT2D eigenvalue weighted by atomic mass is 9.99. The summed E-state index contributed by atoms with van der Waals surface area (Å²) >= 11 is 1.50. The zero-order chi connectivity index (χ0) is 13.9. The Morgan fingerprint density at radius 3 is 2.84 bits per heavy atom. The van der Waals surface area contributed by atoms with Gasteiger partial charge in [-0.15, -0.1) is 0 Å². The lowest BCUT2D eigenvalue weighted by Gasteiger charge is -2.23. The van der Waals surface area contributed by atoms with E-state index in [1.54, 1.807) is 6.92 Å². The molecule has 0 aliphatic rings. The van der Waals surface area contributed by atoms with Gasteiger partial charge in [0.05, 0.1) is 17.3 Å². The Morgan fingerprint density at radius 2 is 2.26 bits per heavy atom. The predicted octanol–water partition coefficient (Wildman–Crippen LogP) is 3.08. The van der Waals surface area contributed by atoms with Crippen molar-refractivity contribution in [1.29, 1.82) is 5.26 Å². The van der Waals surface area contributed by atoms with E-state index in [2.05, 4.69) is 5.32 Å². The van der Waals surface area contributed by atoms with Crippen molar-refractivity contribution in [3.8, 4) is 6.07 Å². The van der Waals surface area contributed by atoms with Crippen molar-refractivity contribution >= 4 is 17.0 Å². The van der Waals surface area contributed by atoms with E-state index in [4.69, 9.17) is 5.26 Å². The van der Waals surface area contributed by atoms with Crippen LogP contribution in [0, 0.1) is 17.1 Å². The summed E-state index contributed by atoms with van der Waals surface area (Å²) < 4.78 is 13.7. The van der Waals surface area contributed by atoms with Crippen LogP contribution in [0.4, 0.5) is 10.1 Å². The number of nitriles is 1. The third kappa shape index (κ3) is 3.11. The summed E-state index contributed by atoms with van der Waals surface area (Å²) in [6.45, 7) is 1.86. The number of anilines is 1. The summed E-state index contributed by atoms with van der Waals surface area (Å²) in [6.07, 6.45) is 0. The first-order chi connectivity index (χ1) is 9.03. The molecule has 0 saturated heterocycles. The van der Waals surface area contributed by atoms with Gasteiger partial charge in [-0.3, -0.25) is 0 Å². The molecule has 0 spiro atoms. The highest BCUT2D eigenvalue weighted by Gasteiger charge is 2.23. The van der Waals surface area contributed by atoms with E-state index >= 15 is 0 Å². The summed E-state index contributed by atoms with van der Waals surface area (Å²) in [6, 6.07) is 7.91. The van der Waals surface area contributed by atoms with E-state index in [1.807, 2.05) is 22.9 Å². The van der Waals surface area contributed by atoms with Gasteiger partial charge in [0.1, 0.15) is 11.4 Å². The normalized spacial score (nSPS) is 13.6. The van der Waals surface area contributed by atoms with Gasteiger partial charge in [-0.25, -0.2) is 4.39 Å². The second-order valence-electron chi connectivity index (χ2n) is 4.45. The first-order valence-corrected chi connectivity index (χ1v) is 6.66. The van der Waals surface area contributed by atoms with Crippen molar-refractivity contribution in [1.82, 2.24) is 0 Å². The molecule has 1 aromatic carbocycles. The van der Waals surface area contributed by atoms with Crippen LogP contribution in [0.5, 0.6) is 0 Å². The van der Waals surface area contributed by atoms with Crippen molar-refractivity contribution in [2.45, 2.75) is 12.5 Å². The maximum absolute atomic E-state index is 13.7. The smallest absolute Gasteiger partial charge is 0.147 e. The summed E-state index contributed by atoms with van der Waals surface area (Å²) in [5.41, 5.74) is 0.265. The van der Waals surface area contributed by atoms with E-state index in [0.29, 0.717) is 0 Å². The molecule has 0 bridgehead atoms. The van der Waals surface area contributed by atoms with Gasteiger partial charge in [0.25, 0.3) is 0 Å². The molecule has 1 unspecified atom stereocenters. The van der Waals surface area contributed by atoms with E-state index in [9.17, 15) is 9.50 Å². The molecule has 0 aliphatic heterocycles. The minimum absolute atomic E-state index is 0.187. The molecular formula is C14H13FN2OS. The minimum atomic E-state index is -1.07. The van der Waals surface area contributed by atoms with Crippen LogP contribution in [0.25, 0.3) is 0 Å². The summed E-state index contributed by atoms with van der Waals surface area (Å²) in [5, 5.41) is 25.6. The first kappa shape index (κ1) is 13.5. The molecule has 2 aromatic rings. The fourth-order valence-electron chi connectivity index (χ4n) is 1.67. The Balaban J connectivity index is 2.09. The lowest BCUT2D eigenvalue weighted by Crippen LogP contribution is -2.30. The van der Waals surface area contributed by atoms with Gasteiger partial charge in [0.2, 0.25) is 0 Å². The Hall–Kier alpha value is -1.90.